The van der Waals surface area contributed by atoms with Crippen LogP contribution in [0.25, 0.3) is 10.9 Å². The minimum atomic E-state index is 0.0556. The second kappa shape index (κ2) is 5.12. The first-order valence-electron chi connectivity index (χ1n) is 7.11. The van der Waals surface area contributed by atoms with E-state index in [1.807, 2.05) is 31.2 Å². The number of para-hydroxylation sites is 1. The lowest BCUT2D eigenvalue weighted by atomic mass is 10.1. The zero-order valence-electron chi connectivity index (χ0n) is 11.6. The molecule has 20 heavy (non-hydrogen) atoms. The number of nitrogens with zero attached hydrogens (tertiary/aromatic N) is 2. The minimum absolute atomic E-state index is 0.0556. The first-order valence-corrected chi connectivity index (χ1v) is 7.11. The zero-order chi connectivity index (χ0) is 14.1. The van der Waals surface area contributed by atoms with Crippen molar-refractivity contribution in [1.82, 2.24) is 0 Å². The SMILES string of the molecule is Cc1cccc2ccc(N3CCCCCC3=O)[n+]([O-])c12. The van der Waals surface area contributed by atoms with Crippen molar-refractivity contribution in [2.24, 2.45) is 0 Å². The summed E-state index contributed by atoms with van der Waals surface area (Å²) in [5, 5.41) is 13.5. The molecule has 4 heteroatoms. The monoisotopic (exact) mass is 270 g/mol. The van der Waals surface area contributed by atoms with Crippen molar-refractivity contribution in [2.75, 3.05) is 11.4 Å². The lowest BCUT2D eigenvalue weighted by Gasteiger charge is -2.19. The molecule has 1 fully saturated rings. The highest BCUT2D eigenvalue weighted by atomic mass is 16.5. The van der Waals surface area contributed by atoms with E-state index in [0.717, 1.165) is 34.9 Å². The van der Waals surface area contributed by atoms with E-state index in [9.17, 15) is 10.0 Å². The van der Waals surface area contributed by atoms with Crippen LogP contribution < -0.4 is 9.63 Å². The first-order chi connectivity index (χ1) is 9.68. The molecular weight excluding hydrogens is 252 g/mol. The van der Waals surface area contributed by atoms with E-state index in [0.29, 0.717) is 24.3 Å². The van der Waals surface area contributed by atoms with Crippen LogP contribution in [0.5, 0.6) is 0 Å². The lowest BCUT2D eigenvalue weighted by Crippen LogP contribution is -2.42. The number of fused-ring (bicyclic) bond motifs is 1. The summed E-state index contributed by atoms with van der Waals surface area (Å²) in [5.41, 5.74) is 1.59. The van der Waals surface area contributed by atoms with Gasteiger partial charge < -0.3 is 5.21 Å². The third-order valence-electron chi connectivity index (χ3n) is 3.94. The predicted octanol–water partition coefficient (Wildman–Crippen LogP) is 2.69. The number of pyridine rings is 1. The van der Waals surface area contributed by atoms with Crippen molar-refractivity contribution in [1.29, 1.82) is 0 Å². The van der Waals surface area contributed by atoms with Crippen LogP contribution in [0.4, 0.5) is 5.82 Å². The first kappa shape index (κ1) is 12.9. The van der Waals surface area contributed by atoms with Crippen molar-refractivity contribution >= 4 is 22.6 Å². The fourth-order valence-electron chi connectivity index (χ4n) is 2.86. The summed E-state index contributed by atoms with van der Waals surface area (Å²) in [5.74, 6) is 0.513. The molecule has 1 aromatic carbocycles. The van der Waals surface area contributed by atoms with E-state index in [4.69, 9.17) is 0 Å². The van der Waals surface area contributed by atoms with Crippen molar-refractivity contribution in [3.05, 3.63) is 41.1 Å². The summed E-state index contributed by atoms with van der Waals surface area (Å²) in [6, 6.07) is 9.46. The van der Waals surface area contributed by atoms with Crippen LogP contribution in [0.3, 0.4) is 0 Å². The Hall–Kier alpha value is -2.10. The van der Waals surface area contributed by atoms with Gasteiger partial charge in [0.15, 0.2) is 0 Å². The molecule has 0 bridgehead atoms. The quantitative estimate of drug-likeness (QED) is 0.591. The van der Waals surface area contributed by atoms with Crippen molar-refractivity contribution in [3.8, 4) is 0 Å². The Kier molecular flexibility index (Phi) is 3.30. The maximum atomic E-state index is 12.6. The van der Waals surface area contributed by atoms with Gasteiger partial charge in [-0.2, -0.15) is 4.90 Å². The zero-order valence-corrected chi connectivity index (χ0v) is 11.6. The van der Waals surface area contributed by atoms with Gasteiger partial charge in [-0.1, -0.05) is 18.2 Å². The molecule has 1 aliphatic heterocycles. The molecule has 2 heterocycles. The van der Waals surface area contributed by atoms with E-state index in [2.05, 4.69) is 0 Å². The number of rotatable bonds is 1. The lowest BCUT2D eigenvalue weighted by molar-refractivity contribution is -0.563. The normalized spacial score (nSPS) is 16.4. The van der Waals surface area contributed by atoms with Gasteiger partial charge in [-0.3, -0.25) is 0 Å². The highest BCUT2D eigenvalue weighted by Crippen LogP contribution is 2.21. The average Bonchev–Trinajstić information content (AvgIpc) is 2.64. The number of amides is 1. The van der Waals surface area contributed by atoms with Gasteiger partial charge in [-0.25, -0.2) is 9.52 Å². The topological polar surface area (TPSA) is 47.2 Å². The van der Waals surface area contributed by atoms with E-state index in [1.54, 1.807) is 11.0 Å². The van der Waals surface area contributed by atoms with Gasteiger partial charge in [-0.15, -0.1) is 0 Å². The molecule has 1 aliphatic rings. The number of carbonyl (C=O) groups is 1. The van der Waals surface area contributed by atoms with Gasteiger partial charge in [0.1, 0.15) is 5.52 Å². The Morgan fingerprint density at radius 3 is 2.85 bits per heavy atom. The van der Waals surface area contributed by atoms with Crippen molar-refractivity contribution < 1.29 is 9.52 Å². The number of carbonyl (C=O) groups excluding carboxylic acids is 1. The standard InChI is InChI=1S/C16H18N2O2/c1-12-6-5-7-13-9-10-14(18(20)16(12)13)17-11-4-2-3-8-15(17)19/h5-7,9-10H,2-4,8,11H2,1H3. The second-order valence-corrected chi connectivity index (χ2v) is 5.35. The van der Waals surface area contributed by atoms with Gasteiger partial charge >= 0.3 is 5.91 Å². The van der Waals surface area contributed by atoms with Gasteiger partial charge in [0, 0.05) is 17.9 Å². The molecule has 104 valence electrons. The fourth-order valence-corrected chi connectivity index (χ4v) is 2.86. The molecule has 3 rings (SSSR count). The van der Waals surface area contributed by atoms with Crippen LogP contribution in [-0.2, 0) is 4.79 Å². The van der Waals surface area contributed by atoms with Crippen LogP contribution in [0.1, 0.15) is 31.2 Å². The second-order valence-electron chi connectivity index (χ2n) is 5.35. The predicted molar refractivity (Wildman–Crippen MR) is 78.5 cm³/mol. The Balaban J connectivity index is 2.14. The molecule has 0 atom stereocenters. The third-order valence-corrected chi connectivity index (χ3v) is 3.94. The largest absolute Gasteiger partial charge is 0.710 e. The summed E-state index contributed by atoms with van der Waals surface area (Å²) < 4.78 is 0.911. The maximum absolute atomic E-state index is 12.6. The summed E-state index contributed by atoms with van der Waals surface area (Å²) in [7, 11) is 0. The number of hydrogen-bond acceptors (Lipinski definition) is 2. The third kappa shape index (κ3) is 2.11. The summed E-state index contributed by atoms with van der Waals surface area (Å²) >= 11 is 0. The van der Waals surface area contributed by atoms with E-state index >= 15 is 0 Å². The molecule has 0 unspecified atom stereocenters. The fraction of sp³-hybridized carbons (Fsp3) is 0.375. The highest BCUT2D eigenvalue weighted by Gasteiger charge is 2.27. The highest BCUT2D eigenvalue weighted by molar-refractivity contribution is 5.92. The molecule has 0 saturated carbocycles. The molecule has 0 radical (unpaired) electrons. The Morgan fingerprint density at radius 2 is 2.00 bits per heavy atom. The summed E-state index contributed by atoms with van der Waals surface area (Å²) in [4.78, 5) is 13.8. The van der Waals surface area contributed by atoms with Crippen molar-refractivity contribution in [3.63, 3.8) is 0 Å². The number of benzene rings is 1. The molecule has 0 N–H and O–H groups in total. The smallest absolute Gasteiger partial charge is 0.309 e. The molecule has 1 saturated heterocycles. The Labute approximate surface area is 118 Å². The van der Waals surface area contributed by atoms with Crippen LogP contribution in [0.2, 0.25) is 0 Å². The van der Waals surface area contributed by atoms with Crippen LogP contribution in [0.15, 0.2) is 30.3 Å². The molecule has 1 aromatic heterocycles. The van der Waals surface area contributed by atoms with Gasteiger partial charge in [0.2, 0.25) is 0 Å². The molecule has 1 amide bonds. The van der Waals surface area contributed by atoms with Gasteiger partial charge in [0.25, 0.3) is 5.82 Å². The molecule has 0 spiro atoms. The number of aryl methyl sites for hydroxylation is 1. The summed E-state index contributed by atoms with van der Waals surface area (Å²) in [6.45, 7) is 2.56. The molecule has 2 aromatic rings. The Morgan fingerprint density at radius 1 is 1.15 bits per heavy atom. The minimum Gasteiger partial charge on any atom is -0.710 e. The van der Waals surface area contributed by atoms with Crippen LogP contribution in [0, 0.1) is 12.1 Å². The van der Waals surface area contributed by atoms with Crippen LogP contribution >= 0.6 is 0 Å². The summed E-state index contributed by atoms with van der Waals surface area (Å²) in [6.07, 6.45) is 3.46. The van der Waals surface area contributed by atoms with Crippen molar-refractivity contribution in [2.45, 2.75) is 32.6 Å². The number of anilines is 1. The molecular formula is C16H18N2O2. The van der Waals surface area contributed by atoms with E-state index < -0.39 is 0 Å². The number of hydrogen-bond donors (Lipinski definition) is 0. The molecule has 0 aliphatic carbocycles. The van der Waals surface area contributed by atoms with E-state index in [1.165, 1.54) is 0 Å². The van der Waals surface area contributed by atoms with E-state index in [-0.39, 0.29) is 5.91 Å². The number of aromatic nitrogens is 1. The maximum Gasteiger partial charge on any atom is 0.309 e. The van der Waals surface area contributed by atoms with Gasteiger partial charge in [0.05, 0.1) is 6.54 Å². The van der Waals surface area contributed by atoms with Crippen LogP contribution in [-0.4, -0.2) is 12.5 Å². The average molecular weight is 270 g/mol. The molecule has 4 nitrogen and oxygen atoms in total. The van der Waals surface area contributed by atoms with Gasteiger partial charge in [-0.05, 0) is 37.8 Å². The Bertz CT molecular complexity index is 667.